The third-order valence-corrected chi connectivity index (χ3v) is 4.95. The summed E-state index contributed by atoms with van der Waals surface area (Å²) in [5, 5.41) is 2.93. The molecule has 1 unspecified atom stereocenters. The van der Waals surface area contributed by atoms with Crippen LogP contribution < -0.4 is 21.4 Å². The van der Waals surface area contributed by atoms with Gasteiger partial charge in [-0.1, -0.05) is 19.9 Å². The monoisotopic (exact) mass is 447 g/mol. The molecule has 32 heavy (non-hydrogen) atoms. The molecule has 1 aromatic heterocycles. The molecule has 0 spiro atoms. The van der Waals surface area contributed by atoms with Crippen molar-refractivity contribution >= 4 is 22.8 Å². The average molecular weight is 448 g/mol. The number of carbonyl (C=O) groups excluding carboxylic acids is 2. The molecule has 0 fully saturated rings. The Kier molecular flexibility index (Phi) is 8.01. The molecule has 0 radical (unpaired) electrons. The van der Waals surface area contributed by atoms with Crippen molar-refractivity contribution in [2.75, 3.05) is 13.2 Å². The summed E-state index contributed by atoms with van der Waals surface area (Å²) in [5.41, 5.74) is 6.23. The Hall–Kier alpha value is -2.94. The SMILES string of the molecule is CCOc1nc2ccc(C(CN)C(=O)[C@@H](NC(=O)OC(C)(C)C)C(C)C)c(C)c2c(=O)o1. The summed E-state index contributed by atoms with van der Waals surface area (Å²) in [5.74, 6) is -1.21. The van der Waals surface area contributed by atoms with Gasteiger partial charge in [0.1, 0.15) is 5.60 Å². The lowest BCUT2D eigenvalue weighted by atomic mass is 9.84. The minimum absolute atomic E-state index is 0.000188. The first kappa shape index (κ1) is 25.3. The van der Waals surface area contributed by atoms with Crippen LogP contribution in [-0.4, -0.2) is 41.7 Å². The topological polar surface area (TPSA) is 134 Å². The first-order valence-electron chi connectivity index (χ1n) is 10.7. The van der Waals surface area contributed by atoms with Gasteiger partial charge >= 0.3 is 17.8 Å². The number of carbonyl (C=O) groups is 2. The lowest BCUT2D eigenvalue weighted by Crippen LogP contribution is -2.49. The molecule has 9 nitrogen and oxygen atoms in total. The Balaban J connectivity index is 2.44. The summed E-state index contributed by atoms with van der Waals surface area (Å²) in [6, 6.07) is 2.54. The molecule has 0 saturated carbocycles. The number of alkyl carbamates (subject to hydrolysis) is 1. The van der Waals surface area contributed by atoms with Crippen molar-refractivity contribution < 1.29 is 23.5 Å². The summed E-state index contributed by atoms with van der Waals surface area (Å²) in [7, 11) is 0. The number of hydrogen-bond acceptors (Lipinski definition) is 8. The second kappa shape index (κ2) is 10.1. The van der Waals surface area contributed by atoms with E-state index < -0.39 is 29.3 Å². The number of Topliss-reactive ketones (excluding diaryl/α,β-unsaturated/α-hetero) is 1. The highest BCUT2D eigenvalue weighted by molar-refractivity contribution is 5.95. The summed E-state index contributed by atoms with van der Waals surface area (Å²) in [4.78, 5) is 42.5. The van der Waals surface area contributed by atoms with E-state index in [2.05, 4.69) is 10.3 Å². The Bertz CT molecular complexity index is 1040. The molecular weight excluding hydrogens is 414 g/mol. The highest BCUT2D eigenvalue weighted by atomic mass is 16.6. The van der Waals surface area contributed by atoms with Crippen molar-refractivity contribution in [1.29, 1.82) is 0 Å². The zero-order valence-corrected chi connectivity index (χ0v) is 19.8. The van der Waals surface area contributed by atoms with Crippen molar-refractivity contribution in [3.05, 3.63) is 33.7 Å². The Morgan fingerprint density at radius 2 is 1.91 bits per heavy atom. The Labute approximate surface area is 187 Å². The minimum atomic E-state index is -0.816. The lowest BCUT2D eigenvalue weighted by molar-refractivity contribution is -0.123. The maximum atomic E-state index is 13.4. The number of amides is 1. The van der Waals surface area contributed by atoms with Crippen LogP contribution in [0.15, 0.2) is 21.3 Å². The summed E-state index contributed by atoms with van der Waals surface area (Å²) in [6.45, 7) is 12.7. The third-order valence-electron chi connectivity index (χ3n) is 4.95. The van der Waals surface area contributed by atoms with E-state index in [0.717, 1.165) is 0 Å². The summed E-state index contributed by atoms with van der Waals surface area (Å²) < 4.78 is 15.7. The second-order valence-corrected chi connectivity index (χ2v) is 8.93. The molecular formula is C23H33N3O6. The standard InChI is InChI=1S/C23H33N3O6/c1-8-30-22-25-16-10-9-14(13(4)17(16)20(28)31-22)15(11-24)19(27)18(12(2)3)26-21(29)32-23(5,6)7/h9-10,12,15,18H,8,11,24H2,1-7H3,(H,26,29)/t15?,18-/m0/s1. The zero-order valence-electron chi connectivity index (χ0n) is 19.8. The van der Waals surface area contributed by atoms with E-state index in [1.807, 2.05) is 13.8 Å². The highest BCUT2D eigenvalue weighted by Gasteiger charge is 2.33. The third kappa shape index (κ3) is 5.85. The molecule has 2 rings (SSSR count). The number of aryl methyl sites for hydroxylation is 1. The highest BCUT2D eigenvalue weighted by Crippen LogP contribution is 2.28. The van der Waals surface area contributed by atoms with E-state index >= 15 is 0 Å². The fourth-order valence-corrected chi connectivity index (χ4v) is 3.49. The first-order chi connectivity index (χ1) is 14.9. The quantitative estimate of drug-likeness (QED) is 0.631. The van der Waals surface area contributed by atoms with Gasteiger partial charge in [-0.25, -0.2) is 9.59 Å². The van der Waals surface area contributed by atoms with E-state index in [1.54, 1.807) is 46.8 Å². The van der Waals surface area contributed by atoms with Crippen LogP contribution in [-0.2, 0) is 9.53 Å². The average Bonchev–Trinajstić information content (AvgIpc) is 2.66. The molecule has 0 aliphatic rings. The second-order valence-electron chi connectivity index (χ2n) is 8.93. The van der Waals surface area contributed by atoms with E-state index in [-0.39, 0.29) is 29.7 Å². The van der Waals surface area contributed by atoms with Crippen LogP contribution in [0.2, 0.25) is 0 Å². The van der Waals surface area contributed by atoms with Crippen LogP contribution in [0.5, 0.6) is 6.08 Å². The molecule has 9 heteroatoms. The number of rotatable bonds is 8. The Morgan fingerprint density at radius 3 is 2.44 bits per heavy atom. The normalized spacial score (nSPS) is 13.7. The number of ether oxygens (including phenoxy) is 2. The maximum Gasteiger partial charge on any atom is 0.408 e. The fraction of sp³-hybridized carbons (Fsp3) is 0.565. The molecule has 0 bridgehead atoms. The number of aromatic nitrogens is 1. The number of nitrogens with two attached hydrogens (primary N) is 1. The van der Waals surface area contributed by atoms with Gasteiger partial charge in [0.05, 0.1) is 29.5 Å². The van der Waals surface area contributed by atoms with Gasteiger partial charge < -0.3 is 24.9 Å². The summed E-state index contributed by atoms with van der Waals surface area (Å²) in [6.07, 6.45) is -0.783. The van der Waals surface area contributed by atoms with E-state index in [9.17, 15) is 14.4 Å². The van der Waals surface area contributed by atoms with Gasteiger partial charge in [0.25, 0.3) is 0 Å². The number of hydrogen-bond donors (Lipinski definition) is 2. The van der Waals surface area contributed by atoms with Gasteiger partial charge in [0.2, 0.25) is 0 Å². The van der Waals surface area contributed by atoms with Gasteiger partial charge in [-0.15, -0.1) is 0 Å². The van der Waals surface area contributed by atoms with Gasteiger partial charge in [0, 0.05) is 6.54 Å². The number of nitrogens with one attached hydrogen (secondary N) is 1. The van der Waals surface area contributed by atoms with Crippen molar-refractivity contribution in [2.45, 2.75) is 66.0 Å². The van der Waals surface area contributed by atoms with Crippen LogP contribution >= 0.6 is 0 Å². The van der Waals surface area contributed by atoms with Crippen molar-refractivity contribution in [3.63, 3.8) is 0 Å². The largest absolute Gasteiger partial charge is 0.450 e. The van der Waals surface area contributed by atoms with Crippen molar-refractivity contribution in [3.8, 4) is 6.08 Å². The number of fused-ring (bicyclic) bond motifs is 1. The zero-order chi connectivity index (χ0) is 24.2. The van der Waals surface area contributed by atoms with Crippen LogP contribution in [0.1, 0.15) is 58.6 Å². The number of benzene rings is 1. The molecule has 1 heterocycles. The first-order valence-corrected chi connectivity index (χ1v) is 10.7. The predicted molar refractivity (Wildman–Crippen MR) is 121 cm³/mol. The molecule has 1 aromatic carbocycles. The van der Waals surface area contributed by atoms with Crippen molar-refractivity contribution in [2.24, 2.45) is 11.7 Å². The van der Waals surface area contributed by atoms with Crippen LogP contribution in [0.4, 0.5) is 4.79 Å². The molecule has 0 saturated heterocycles. The van der Waals surface area contributed by atoms with Crippen molar-refractivity contribution in [1.82, 2.24) is 10.3 Å². The minimum Gasteiger partial charge on any atom is -0.450 e. The molecule has 2 aromatic rings. The summed E-state index contributed by atoms with van der Waals surface area (Å²) >= 11 is 0. The number of ketones is 1. The van der Waals surface area contributed by atoms with Gasteiger partial charge in [-0.3, -0.25) is 4.79 Å². The predicted octanol–water partition coefficient (Wildman–Crippen LogP) is 3.06. The molecule has 176 valence electrons. The molecule has 3 N–H and O–H groups in total. The number of nitrogens with zero attached hydrogens (tertiary/aromatic N) is 1. The van der Waals surface area contributed by atoms with Gasteiger partial charge in [-0.05, 0) is 57.7 Å². The molecule has 0 aliphatic carbocycles. The molecule has 2 atom stereocenters. The van der Waals surface area contributed by atoms with E-state index in [0.29, 0.717) is 23.3 Å². The van der Waals surface area contributed by atoms with Gasteiger partial charge in [0.15, 0.2) is 5.78 Å². The maximum absolute atomic E-state index is 13.4. The van der Waals surface area contributed by atoms with Crippen LogP contribution in [0.25, 0.3) is 10.9 Å². The molecule has 1 amide bonds. The lowest BCUT2D eigenvalue weighted by Gasteiger charge is -2.28. The Morgan fingerprint density at radius 1 is 1.25 bits per heavy atom. The van der Waals surface area contributed by atoms with E-state index in [4.69, 9.17) is 19.6 Å². The molecule has 0 aliphatic heterocycles. The fourth-order valence-electron chi connectivity index (χ4n) is 3.49. The van der Waals surface area contributed by atoms with Crippen LogP contribution in [0, 0.1) is 12.8 Å². The van der Waals surface area contributed by atoms with E-state index in [1.165, 1.54) is 0 Å². The smallest absolute Gasteiger partial charge is 0.408 e. The van der Waals surface area contributed by atoms with Gasteiger partial charge in [-0.2, -0.15) is 4.98 Å². The van der Waals surface area contributed by atoms with Crippen LogP contribution in [0.3, 0.4) is 0 Å².